The summed E-state index contributed by atoms with van der Waals surface area (Å²) in [6.45, 7) is 4.47. The number of benzene rings is 2. The Morgan fingerprint density at radius 2 is 1.52 bits per heavy atom. The van der Waals surface area contributed by atoms with E-state index in [9.17, 15) is 14.4 Å². The number of carbonyl (C=O) groups excluding carboxylic acids is 3. The van der Waals surface area contributed by atoms with E-state index in [0.29, 0.717) is 0 Å². The van der Waals surface area contributed by atoms with E-state index in [0.717, 1.165) is 14.2 Å². The topological polar surface area (TPSA) is 62.6 Å². The van der Waals surface area contributed by atoms with E-state index in [1.165, 1.54) is 51.6 Å². The minimum atomic E-state index is -0.608. The number of imide groups is 2. The Morgan fingerprint density at radius 3 is 2.24 bits per heavy atom. The zero-order valence-electron chi connectivity index (χ0n) is 18.7. The van der Waals surface area contributed by atoms with E-state index in [2.05, 4.69) is 66.9 Å². The Balaban J connectivity index is 1.62. The number of likely N-dealkylation sites (N-methyl/N-ethyl adjacent to an activating group) is 2. The van der Waals surface area contributed by atoms with Crippen molar-refractivity contribution in [3.05, 3.63) is 69.7 Å². The fourth-order valence-corrected chi connectivity index (χ4v) is 7.77. The average molecular weight is 502 g/mol. The molecule has 0 bridgehead atoms. The van der Waals surface area contributed by atoms with Crippen LogP contribution in [0.5, 0.6) is 0 Å². The molecule has 4 heterocycles. The zero-order valence-corrected chi connectivity index (χ0v) is 20.4. The fraction of sp³-hybridized carbons (Fsp3) is 0.192. The molecule has 2 aliphatic rings. The van der Waals surface area contributed by atoms with Crippen molar-refractivity contribution in [3.8, 4) is 4.56 Å². The monoisotopic (exact) mass is 503 g/mol. The van der Waals surface area contributed by atoms with Crippen LogP contribution in [0.2, 0.25) is 0 Å². The summed E-state index contributed by atoms with van der Waals surface area (Å²) in [5, 5.41) is 2.46. The first-order valence-electron chi connectivity index (χ1n) is 10.7. The normalized spacial score (nSPS) is 17.3. The van der Waals surface area contributed by atoms with E-state index in [1.54, 1.807) is 6.08 Å². The molecule has 4 aromatic rings. The Labute approximate surface area is 196 Å². The van der Waals surface area contributed by atoms with Gasteiger partial charge in [-0.05, 0) is 0 Å². The molecule has 4 amide bonds. The standard InChI is InChI=1S/C26H21N3O3Se/c1-26(2)18-10-7-9-16-15-8-5-6-11-20(15)29(21(16)18)24-19(26)13-14(33-24)12-17-22(30)27(3)25(32)28(4)23(17)31/h5-13H,1-4H3. The van der Waals surface area contributed by atoms with Crippen molar-refractivity contribution in [2.75, 3.05) is 14.1 Å². The van der Waals surface area contributed by atoms with Crippen molar-refractivity contribution in [3.63, 3.8) is 0 Å². The van der Waals surface area contributed by atoms with Gasteiger partial charge in [0, 0.05) is 0 Å². The number of carbonyl (C=O) groups is 3. The number of hydrogen-bond acceptors (Lipinski definition) is 3. The van der Waals surface area contributed by atoms with Gasteiger partial charge < -0.3 is 0 Å². The summed E-state index contributed by atoms with van der Waals surface area (Å²) < 4.78 is 4.56. The molecule has 33 heavy (non-hydrogen) atoms. The maximum atomic E-state index is 12.7. The zero-order chi connectivity index (χ0) is 23.2. The molecule has 6 nitrogen and oxygen atoms in total. The molecule has 0 unspecified atom stereocenters. The van der Waals surface area contributed by atoms with Crippen molar-refractivity contribution < 1.29 is 14.4 Å². The SMILES string of the molecule is CN1C(=O)C(=Cc2cc3c([se]2)-n2c4ccccc4c4cccc(c42)C3(C)C)C(=O)N(C)C1=O. The third-order valence-electron chi connectivity index (χ3n) is 6.91. The van der Waals surface area contributed by atoms with E-state index < -0.39 is 17.8 Å². The van der Waals surface area contributed by atoms with E-state index in [1.807, 2.05) is 0 Å². The van der Waals surface area contributed by atoms with Crippen LogP contribution in [0.25, 0.3) is 32.4 Å². The summed E-state index contributed by atoms with van der Waals surface area (Å²) in [6.07, 6.45) is 1.69. The quantitative estimate of drug-likeness (QED) is 0.225. The van der Waals surface area contributed by atoms with E-state index >= 15 is 0 Å². The van der Waals surface area contributed by atoms with Gasteiger partial charge in [0.15, 0.2) is 0 Å². The van der Waals surface area contributed by atoms with E-state index in [-0.39, 0.29) is 25.5 Å². The second-order valence-electron chi connectivity index (χ2n) is 9.12. The van der Waals surface area contributed by atoms with Crippen molar-refractivity contribution in [1.82, 2.24) is 14.4 Å². The van der Waals surface area contributed by atoms with Crippen LogP contribution in [-0.2, 0) is 15.0 Å². The Kier molecular flexibility index (Phi) is 4.02. The van der Waals surface area contributed by atoms with Gasteiger partial charge in [-0.25, -0.2) is 0 Å². The summed E-state index contributed by atoms with van der Waals surface area (Å²) in [6, 6.07) is 16.5. The molecule has 0 spiro atoms. The van der Waals surface area contributed by atoms with Gasteiger partial charge in [0.05, 0.1) is 0 Å². The van der Waals surface area contributed by atoms with Crippen LogP contribution in [0.4, 0.5) is 4.79 Å². The molecule has 0 saturated carbocycles. The van der Waals surface area contributed by atoms with Crippen LogP contribution < -0.4 is 0 Å². The first kappa shape index (κ1) is 20.2. The van der Waals surface area contributed by atoms with Gasteiger partial charge >= 0.3 is 197 Å². The molecule has 0 N–H and O–H groups in total. The Hall–Kier alpha value is -3.41. The average Bonchev–Trinajstić information content (AvgIpc) is 3.38. The van der Waals surface area contributed by atoms with Gasteiger partial charge in [-0.2, -0.15) is 0 Å². The van der Waals surface area contributed by atoms with Crippen LogP contribution >= 0.6 is 0 Å². The number of nitrogens with zero attached hydrogens (tertiary/aromatic N) is 3. The van der Waals surface area contributed by atoms with Gasteiger partial charge in [-0.3, -0.25) is 0 Å². The Morgan fingerprint density at radius 1 is 0.848 bits per heavy atom. The second kappa shape index (κ2) is 6.56. The molecule has 0 atom stereocenters. The number of aromatic nitrogens is 1. The molecule has 1 fully saturated rings. The van der Waals surface area contributed by atoms with Crippen LogP contribution in [-0.4, -0.2) is 60.8 Å². The van der Waals surface area contributed by atoms with Gasteiger partial charge in [0.25, 0.3) is 0 Å². The molecule has 0 aliphatic carbocycles. The number of fused-ring (bicyclic) bond motifs is 5. The molecular formula is C26H21N3O3Se. The summed E-state index contributed by atoms with van der Waals surface area (Å²) in [7, 11) is 2.81. The number of urea groups is 1. The van der Waals surface area contributed by atoms with E-state index in [4.69, 9.17) is 0 Å². The van der Waals surface area contributed by atoms with Crippen LogP contribution in [0.15, 0.2) is 54.1 Å². The molecule has 2 aromatic carbocycles. The third kappa shape index (κ3) is 2.52. The minimum absolute atomic E-state index is 0.0328. The van der Waals surface area contributed by atoms with Gasteiger partial charge in [0.2, 0.25) is 0 Å². The van der Waals surface area contributed by atoms with Crippen LogP contribution in [0.3, 0.4) is 0 Å². The summed E-state index contributed by atoms with van der Waals surface area (Å²) in [5.41, 5.74) is 4.70. The maximum absolute atomic E-state index is 12.7. The molecular weight excluding hydrogens is 481 g/mol. The molecule has 2 aromatic heterocycles. The summed E-state index contributed by atoms with van der Waals surface area (Å²) in [5.74, 6) is -1.11. The first-order valence-corrected chi connectivity index (χ1v) is 12.4. The predicted molar refractivity (Wildman–Crippen MR) is 129 cm³/mol. The fourth-order valence-electron chi connectivity index (χ4n) is 5.08. The molecule has 164 valence electrons. The number of para-hydroxylation sites is 2. The molecule has 1 saturated heterocycles. The Bertz CT molecular complexity index is 1560. The third-order valence-corrected chi connectivity index (χ3v) is 9.15. The van der Waals surface area contributed by atoms with Crippen molar-refractivity contribution in [2.24, 2.45) is 0 Å². The van der Waals surface area contributed by atoms with Gasteiger partial charge in [-0.1, -0.05) is 0 Å². The first-order chi connectivity index (χ1) is 15.7. The van der Waals surface area contributed by atoms with Crippen molar-refractivity contribution in [2.45, 2.75) is 19.3 Å². The summed E-state index contributed by atoms with van der Waals surface area (Å²) >= 11 is -0.110. The second-order valence-corrected chi connectivity index (χ2v) is 11.3. The van der Waals surface area contributed by atoms with Crippen LogP contribution in [0.1, 0.15) is 29.4 Å². The van der Waals surface area contributed by atoms with Gasteiger partial charge in [-0.15, -0.1) is 0 Å². The van der Waals surface area contributed by atoms with Crippen molar-refractivity contribution >= 4 is 60.2 Å². The summed E-state index contributed by atoms with van der Waals surface area (Å²) in [4.78, 5) is 39.6. The number of amides is 4. The number of barbiturate groups is 1. The molecule has 0 radical (unpaired) electrons. The molecule has 2 aliphatic heterocycles. The van der Waals surface area contributed by atoms with Crippen molar-refractivity contribution in [1.29, 1.82) is 0 Å². The molecule has 6 rings (SSSR count). The molecule has 7 heteroatoms. The predicted octanol–water partition coefficient (Wildman–Crippen LogP) is 3.91. The number of rotatable bonds is 1. The van der Waals surface area contributed by atoms with Crippen LogP contribution in [0, 0.1) is 0 Å². The van der Waals surface area contributed by atoms with Gasteiger partial charge in [0.1, 0.15) is 0 Å². The number of hydrogen-bond donors (Lipinski definition) is 0.